The number of carbonyl (C=O) groups is 1. The second kappa shape index (κ2) is 8.12. The number of rotatable bonds is 7. The zero-order chi connectivity index (χ0) is 15.1. The van der Waals surface area contributed by atoms with Gasteiger partial charge in [-0.05, 0) is 30.5 Å². The van der Waals surface area contributed by atoms with Gasteiger partial charge in [0.1, 0.15) is 5.75 Å². The molecule has 1 amide bonds. The molecule has 0 heterocycles. The van der Waals surface area contributed by atoms with Crippen LogP contribution in [0.2, 0.25) is 5.02 Å². The fourth-order valence-electron chi connectivity index (χ4n) is 1.71. The monoisotopic (exact) mass is 298 g/mol. The van der Waals surface area contributed by atoms with Crippen molar-refractivity contribution >= 4 is 17.5 Å². The Labute approximate surface area is 125 Å². The molecule has 1 aromatic carbocycles. The molecule has 0 spiro atoms. The molecule has 112 valence electrons. The molecular weight excluding hydrogens is 276 g/mol. The van der Waals surface area contributed by atoms with Crippen molar-refractivity contribution in [1.82, 2.24) is 4.90 Å². The SMILES string of the molecule is CCC(N)Cc1ccc(OCCC(=O)N(C)C)c(Cl)c1. The molecule has 1 rings (SSSR count). The first-order chi connectivity index (χ1) is 9.43. The van der Waals surface area contributed by atoms with E-state index in [1.807, 2.05) is 18.2 Å². The molecule has 5 heteroatoms. The second-order valence-corrected chi connectivity index (χ2v) is 5.43. The fourth-order valence-corrected chi connectivity index (χ4v) is 1.97. The van der Waals surface area contributed by atoms with Gasteiger partial charge in [0.2, 0.25) is 5.91 Å². The van der Waals surface area contributed by atoms with E-state index in [0.29, 0.717) is 23.8 Å². The fraction of sp³-hybridized carbons (Fsp3) is 0.533. The lowest BCUT2D eigenvalue weighted by Gasteiger charge is -2.13. The Balaban J connectivity index is 2.53. The summed E-state index contributed by atoms with van der Waals surface area (Å²) in [6, 6.07) is 5.82. The van der Waals surface area contributed by atoms with E-state index in [4.69, 9.17) is 22.1 Å². The van der Waals surface area contributed by atoms with Crippen LogP contribution in [0.25, 0.3) is 0 Å². The van der Waals surface area contributed by atoms with Crippen molar-refractivity contribution in [3.63, 3.8) is 0 Å². The Morgan fingerprint density at radius 3 is 2.70 bits per heavy atom. The molecule has 0 aliphatic carbocycles. The van der Waals surface area contributed by atoms with Gasteiger partial charge in [-0.1, -0.05) is 24.6 Å². The number of halogens is 1. The molecule has 0 aliphatic rings. The third-order valence-electron chi connectivity index (χ3n) is 3.09. The highest BCUT2D eigenvalue weighted by Crippen LogP contribution is 2.26. The Hall–Kier alpha value is -1.26. The summed E-state index contributed by atoms with van der Waals surface area (Å²) in [6.45, 7) is 2.38. The lowest BCUT2D eigenvalue weighted by Crippen LogP contribution is -2.23. The molecule has 4 nitrogen and oxygen atoms in total. The first-order valence-corrected chi connectivity index (χ1v) is 7.18. The van der Waals surface area contributed by atoms with Crippen molar-refractivity contribution < 1.29 is 9.53 Å². The van der Waals surface area contributed by atoms with Crippen molar-refractivity contribution in [3.05, 3.63) is 28.8 Å². The number of hydrogen-bond donors (Lipinski definition) is 1. The highest BCUT2D eigenvalue weighted by molar-refractivity contribution is 6.32. The molecule has 0 fully saturated rings. The molecule has 0 bridgehead atoms. The van der Waals surface area contributed by atoms with Crippen LogP contribution < -0.4 is 10.5 Å². The van der Waals surface area contributed by atoms with Crippen LogP contribution in [0.4, 0.5) is 0 Å². The van der Waals surface area contributed by atoms with Gasteiger partial charge < -0.3 is 15.4 Å². The Morgan fingerprint density at radius 1 is 1.45 bits per heavy atom. The minimum absolute atomic E-state index is 0.0339. The average molecular weight is 299 g/mol. The van der Waals surface area contributed by atoms with Crippen LogP contribution in [-0.2, 0) is 11.2 Å². The van der Waals surface area contributed by atoms with E-state index in [1.165, 1.54) is 0 Å². The summed E-state index contributed by atoms with van der Waals surface area (Å²) in [7, 11) is 3.45. The Kier molecular flexibility index (Phi) is 6.82. The maximum Gasteiger partial charge on any atom is 0.225 e. The summed E-state index contributed by atoms with van der Waals surface area (Å²) in [5.74, 6) is 0.638. The number of ether oxygens (including phenoxy) is 1. The van der Waals surface area contributed by atoms with Gasteiger partial charge in [0.15, 0.2) is 0 Å². The molecule has 0 saturated carbocycles. The van der Waals surface area contributed by atoms with Gasteiger partial charge in [-0.2, -0.15) is 0 Å². The maximum absolute atomic E-state index is 11.4. The number of nitrogens with zero attached hydrogens (tertiary/aromatic N) is 1. The largest absolute Gasteiger partial charge is 0.491 e. The van der Waals surface area contributed by atoms with E-state index < -0.39 is 0 Å². The molecule has 1 atom stereocenters. The van der Waals surface area contributed by atoms with Crippen molar-refractivity contribution in [1.29, 1.82) is 0 Å². The highest BCUT2D eigenvalue weighted by atomic mass is 35.5. The van der Waals surface area contributed by atoms with Gasteiger partial charge in [-0.3, -0.25) is 4.79 Å². The van der Waals surface area contributed by atoms with Crippen LogP contribution in [0.3, 0.4) is 0 Å². The van der Waals surface area contributed by atoms with E-state index in [-0.39, 0.29) is 11.9 Å². The van der Waals surface area contributed by atoms with E-state index in [9.17, 15) is 4.79 Å². The van der Waals surface area contributed by atoms with E-state index in [0.717, 1.165) is 18.4 Å². The number of nitrogens with two attached hydrogens (primary N) is 1. The molecule has 0 aromatic heterocycles. The number of carbonyl (C=O) groups excluding carboxylic acids is 1. The Bertz CT molecular complexity index is 449. The van der Waals surface area contributed by atoms with Crippen LogP contribution >= 0.6 is 11.6 Å². The molecule has 1 aromatic rings. The first-order valence-electron chi connectivity index (χ1n) is 6.81. The molecule has 0 saturated heterocycles. The summed E-state index contributed by atoms with van der Waals surface area (Å²) in [4.78, 5) is 13.0. The van der Waals surface area contributed by atoms with E-state index in [1.54, 1.807) is 19.0 Å². The van der Waals surface area contributed by atoms with Crippen LogP contribution in [0.5, 0.6) is 5.75 Å². The average Bonchev–Trinajstić information content (AvgIpc) is 2.40. The van der Waals surface area contributed by atoms with E-state index >= 15 is 0 Å². The third kappa shape index (κ3) is 5.39. The van der Waals surface area contributed by atoms with Crippen molar-refractivity contribution in [2.24, 2.45) is 5.73 Å². The topological polar surface area (TPSA) is 55.6 Å². The lowest BCUT2D eigenvalue weighted by atomic mass is 10.0. The van der Waals surface area contributed by atoms with Crippen LogP contribution in [0.15, 0.2) is 18.2 Å². The predicted molar refractivity (Wildman–Crippen MR) is 82.2 cm³/mol. The molecule has 2 N–H and O–H groups in total. The second-order valence-electron chi connectivity index (χ2n) is 5.02. The molecule has 1 unspecified atom stereocenters. The molecule has 0 radical (unpaired) electrons. The normalized spacial score (nSPS) is 12.1. The predicted octanol–water partition coefficient (Wildman–Crippen LogP) is 2.48. The standard InChI is InChI=1S/C15H23ClN2O2/c1-4-12(17)9-11-5-6-14(13(16)10-11)20-8-7-15(19)18(2)3/h5-6,10,12H,4,7-9,17H2,1-3H3. The van der Waals surface area contributed by atoms with Gasteiger partial charge in [0, 0.05) is 20.1 Å². The molecule has 0 aliphatic heterocycles. The third-order valence-corrected chi connectivity index (χ3v) is 3.39. The number of benzene rings is 1. The van der Waals surface area contributed by atoms with Crippen molar-refractivity contribution in [2.45, 2.75) is 32.2 Å². The van der Waals surface area contributed by atoms with Crippen LogP contribution in [0, 0.1) is 0 Å². The highest BCUT2D eigenvalue weighted by Gasteiger charge is 2.08. The maximum atomic E-state index is 11.4. The smallest absolute Gasteiger partial charge is 0.225 e. The summed E-state index contributed by atoms with van der Waals surface area (Å²) >= 11 is 6.17. The van der Waals surface area contributed by atoms with Gasteiger partial charge in [0.25, 0.3) is 0 Å². The summed E-state index contributed by atoms with van der Waals surface area (Å²) in [6.07, 6.45) is 2.07. The van der Waals surface area contributed by atoms with Gasteiger partial charge in [-0.25, -0.2) is 0 Å². The zero-order valence-corrected chi connectivity index (χ0v) is 13.1. The van der Waals surface area contributed by atoms with Gasteiger partial charge >= 0.3 is 0 Å². The van der Waals surface area contributed by atoms with Crippen molar-refractivity contribution in [2.75, 3.05) is 20.7 Å². The minimum Gasteiger partial charge on any atom is -0.491 e. The van der Waals surface area contributed by atoms with Crippen LogP contribution in [0.1, 0.15) is 25.3 Å². The summed E-state index contributed by atoms with van der Waals surface area (Å²) in [5.41, 5.74) is 7.02. The minimum atomic E-state index is 0.0339. The Morgan fingerprint density at radius 2 is 2.15 bits per heavy atom. The zero-order valence-electron chi connectivity index (χ0n) is 12.4. The van der Waals surface area contributed by atoms with E-state index in [2.05, 4.69) is 6.92 Å². The lowest BCUT2D eigenvalue weighted by molar-refractivity contribution is -0.129. The summed E-state index contributed by atoms with van der Waals surface area (Å²) in [5, 5.41) is 0.558. The first kappa shape index (κ1) is 16.8. The summed E-state index contributed by atoms with van der Waals surface area (Å²) < 4.78 is 5.53. The van der Waals surface area contributed by atoms with Crippen LogP contribution in [-0.4, -0.2) is 37.6 Å². The van der Waals surface area contributed by atoms with Gasteiger partial charge in [-0.15, -0.1) is 0 Å². The molecular formula is C15H23ClN2O2. The number of amides is 1. The number of hydrogen-bond acceptors (Lipinski definition) is 3. The van der Waals surface area contributed by atoms with Crippen molar-refractivity contribution in [3.8, 4) is 5.75 Å². The van der Waals surface area contributed by atoms with Gasteiger partial charge in [0.05, 0.1) is 18.1 Å². The quantitative estimate of drug-likeness (QED) is 0.841. The molecule has 20 heavy (non-hydrogen) atoms.